The quantitative estimate of drug-likeness (QED) is 0.315. The maximum atomic E-state index is 13.4. The largest absolute Gasteiger partial charge is 0.459 e. The van der Waals surface area contributed by atoms with Crippen molar-refractivity contribution in [3.8, 4) is 0 Å². The molecule has 2 amide bonds. The molecule has 0 saturated carbocycles. The van der Waals surface area contributed by atoms with E-state index in [9.17, 15) is 18.8 Å². The van der Waals surface area contributed by atoms with Gasteiger partial charge in [0.05, 0.1) is 0 Å². The Kier molecular flexibility index (Phi) is 9.51. The highest BCUT2D eigenvalue weighted by molar-refractivity contribution is 6.06. The number of ether oxygens (including phenoxy) is 1. The van der Waals surface area contributed by atoms with Crippen molar-refractivity contribution in [1.82, 2.24) is 10.6 Å². The SMILES string of the molecule is CC(C)C[C@@H](NC(=O)/C(=C/c1ccc(F)cc1)NC(=O)c1ccccc1)C(=O)OCc1ccccc1. The molecule has 1 atom stereocenters. The molecule has 6 nitrogen and oxygen atoms in total. The fourth-order valence-corrected chi connectivity index (χ4v) is 3.42. The van der Waals surface area contributed by atoms with E-state index in [4.69, 9.17) is 4.74 Å². The first kappa shape index (κ1) is 26.3. The number of carbonyl (C=O) groups excluding carboxylic acids is 3. The number of halogens is 1. The highest BCUT2D eigenvalue weighted by Gasteiger charge is 2.26. The molecule has 2 N–H and O–H groups in total. The molecule has 0 aliphatic heterocycles. The van der Waals surface area contributed by atoms with E-state index >= 15 is 0 Å². The summed E-state index contributed by atoms with van der Waals surface area (Å²) in [6.07, 6.45) is 1.77. The van der Waals surface area contributed by atoms with Crippen LogP contribution in [0.1, 0.15) is 41.8 Å². The summed E-state index contributed by atoms with van der Waals surface area (Å²) in [7, 11) is 0. The number of carbonyl (C=O) groups is 3. The van der Waals surface area contributed by atoms with Crippen LogP contribution in [0.25, 0.3) is 6.08 Å². The van der Waals surface area contributed by atoms with Crippen LogP contribution >= 0.6 is 0 Å². The van der Waals surface area contributed by atoms with Crippen LogP contribution in [0.2, 0.25) is 0 Å². The molecule has 7 heteroatoms. The van der Waals surface area contributed by atoms with Crippen LogP contribution in [0.3, 0.4) is 0 Å². The summed E-state index contributed by atoms with van der Waals surface area (Å²) in [5, 5.41) is 5.32. The van der Waals surface area contributed by atoms with Gasteiger partial charge in [0, 0.05) is 5.56 Å². The molecule has 36 heavy (non-hydrogen) atoms. The van der Waals surface area contributed by atoms with Crippen molar-refractivity contribution in [1.29, 1.82) is 0 Å². The Labute approximate surface area is 210 Å². The molecule has 0 spiro atoms. The maximum absolute atomic E-state index is 13.4. The molecule has 0 saturated heterocycles. The van der Waals surface area contributed by atoms with E-state index < -0.39 is 29.6 Å². The topological polar surface area (TPSA) is 84.5 Å². The van der Waals surface area contributed by atoms with Crippen LogP contribution in [-0.2, 0) is 20.9 Å². The highest BCUT2D eigenvalue weighted by Crippen LogP contribution is 2.12. The Morgan fingerprint density at radius 3 is 2.11 bits per heavy atom. The summed E-state index contributed by atoms with van der Waals surface area (Å²) in [6.45, 7) is 3.93. The van der Waals surface area contributed by atoms with E-state index in [1.165, 1.54) is 30.3 Å². The van der Waals surface area contributed by atoms with Gasteiger partial charge in [-0.1, -0.05) is 74.5 Å². The Balaban J connectivity index is 1.80. The molecule has 0 unspecified atom stereocenters. The Bertz CT molecular complexity index is 1190. The molecular weight excluding hydrogens is 459 g/mol. The fraction of sp³-hybridized carbons (Fsp3) is 0.207. The lowest BCUT2D eigenvalue weighted by atomic mass is 10.0. The van der Waals surface area contributed by atoms with Crippen molar-refractivity contribution in [2.75, 3.05) is 0 Å². The zero-order valence-electron chi connectivity index (χ0n) is 20.2. The predicted octanol–water partition coefficient (Wildman–Crippen LogP) is 4.87. The zero-order valence-corrected chi connectivity index (χ0v) is 20.2. The van der Waals surface area contributed by atoms with Crippen LogP contribution in [0.5, 0.6) is 0 Å². The van der Waals surface area contributed by atoms with Crippen molar-refractivity contribution in [3.63, 3.8) is 0 Å². The molecule has 0 fully saturated rings. The lowest BCUT2D eigenvalue weighted by Gasteiger charge is -2.20. The van der Waals surface area contributed by atoms with Crippen molar-refractivity contribution >= 4 is 23.9 Å². The van der Waals surface area contributed by atoms with Gasteiger partial charge in [-0.3, -0.25) is 9.59 Å². The average Bonchev–Trinajstić information content (AvgIpc) is 2.88. The normalized spacial score (nSPS) is 12.1. The Morgan fingerprint density at radius 1 is 0.889 bits per heavy atom. The number of nitrogens with one attached hydrogen (secondary N) is 2. The number of amides is 2. The average molecular weight is 489 g/mol. The maximum Gasteiger partial charge on any atom is 0.328 e. The Hall–Kier alpha value is -4.26. The van der Waals surface area contributed by atoms with Crippen LogP contribution in [-0.4, -0.2) is 23.8 Å². The van der Waals surface area contributed by atoms with Crippen molar-refractivity contribution in [3.05, 3.63) is 113 Å². The van der Waals surface area contributed by atoms with Crippen LogP contribution in [0.15, 0.2) is 90.6 Å². The van der Waals surface area contributed by atoms with E-state index in [1.54, 1.807) is 30.3 Å². The monoisotopic (exact) mass is 488 g/mol. The molecule has 0 aliphatic rings. The first-order chi connectivity index (χ1) is 17.3. The van der Waals surface area contributed by atoms with Crippen LogP contribution in [0, 0.1) is 11.7 Å². The fourth-order valence-electron chi connectivity index (χ4n) is 3.42. The number of rotatable bonds is 10. The predicted molar refractivity (Wildman–Crippen MR) is 136 cm³/mol. The van der Waals surface area contributed by atoms with Gasteiger partial charge in [0.25, 0.3) is 11.8 Å². The van der Waals surface area contributed by atoms with Gasteiger partial charge in [0.15, 0.2) is 0 Å². The third kappa shape index (κ3) is 8.20. The molecule has 3 rings (SSSR count). The van der Waals surface area contributed by atoms with E-state index in [0.717, 1.165) is 5.56 Å². The van der Waals surface area contributed by atoms with Gasteiger partial charge < -0.3 is 15.4 Å². The second-order valence-electron chi connectivity index (χ2n) is 8.68. The summed E-state index contributed by atoms with van der Waals surface area (Å²) in [5.74, 6) is -2.07. The third-order valence-electron chi connectivity index (χ3n) is 5.23. The molecule has 3 aromatic carbocycles. The van der Waals surface area contributed by atoms with Gasteiger partial charge in [0.2, 0.25) is 0 Å². The van der Waals surface area contributed by atoms with Crippen molar-refractivity contribution < 1.29 is 23.5 Å². The molecule has 186 valence electrons. The molecule has 0 radical (unpaired) electrons. The second kappa shape index (κ2) is 13.0. The van der Waals surface area contributed by atoms with E-state index in [0.29, 0.717) is 17.5 Å². The zero-order chi connectivity index (χ0) is 25.9. The summed E-state index contributed by atoms with van der Waals surface area (Å²) >= 11 is 0. The van der Waals surface area contributed by atoms with Gasteiger partial charge in [-0.25, -0.2) is 9.18 Å². The number of hydrogen-bond donors (Lipinski definition) is 2. The number of esters is 1. The van der Waals surface area contributed by atoms with Gasteiger partial charge in [-0.2, -0.15) is 0 Å². The molecular formula is C29H29FN2O4. The lowest BCUT2D eigenvalue weighted by Crippen LogP contribution is -2.45. The summed E-state index contributed by atoms with van der Waals surface area (Å²) in [5.41, 5.74) is 1.60. The second-order valence-corrected chi connectivity index (χ2v) is 8.68. The highest BCUT2D eigenvalue weighted by atomic mass is 19.1. The van der Waals surface area contributed by atoms with Gasteiger partial charge in [-0.15, -0.1) is 0 Å². The first-order valence-electron chi connectivity index (χ1n) is 11.7. The van der Waals surface area contributed by atoms with Gasteiger partial charge in [-0.05, 0) is 53.8 Å². The van der Waals surface area contributed by atoms with Crippen LogP contribution < -0.4 is 10.6 Å². The van der Waals surface area contributed by atoms with Crippen molar-refractivity contribution in [2.24, 2.45) is 5.92 Å². The molecule has 3 aromatic rings. The van der Waals surface area contributed by atoms with Gasteiger partial charge >= 0.3 is 5.97 Å². The molecule has 0 bridgehead atoms. The first-order valence-corrected chi connectivity index (χ1v) is 11.7. The van der Waals surface area contributed by atoms with E-state index in [1.807, 2.05) is 44.2 Å². The molecule has 0 aromatic heterocycles. The summed E-state index contributed by atoms with van der Waals surface area (Å²) in [6, 6.07) is 22.2. The minimum Gasteiger partial charge on any atom is -0.459 e. The van der Waals surface area contributed by atoms with Crippen LogP contribution in [0.4, 0.5) is 4.39 Å². The van der Waals surface area contributed by atoms with E-state index in [2.05, 4.69) is 10.6 Å². The number of hydrogen-bond acceptors (Lipinski definition) is 4. The lowest BCUT2D eigenvalue weighted by molar-refractivity contribution is -0.149. The number of benzene rings is 3. The molecule has 0 aliphatic carbocycles. The van der Waals surface area contributed by atoms with Crippen molar-refractivity contribution in [2.45, 2.75) is 32.9 Å². The summed E-state index contributed by atoms with van der Waals surface area (Å²) in [4.78, 5) is 38.9. The van der Waals surface area contributed by atoms with Gasteiger partial charge in [0.1, 0.15) is 24.2 Å². The minimum atomic E-state index is -0.925. The standard InChI is InChI=1S/C29H29FN2O4/c1-20(2)17-26(29(35)36-19-22-9-5-3-6-10-22)32-28(34)25(18-21-13-15-24(30)16-14-21)31-27(33)23-11-7-4-8-12-23/h3-16,18,20,26H,17,19H2,1-2H3,(H,31,33)(H,32,34)/b25-18-/t26-/m1/s1. The Morgan fingerprint density at radius 2 is 1.50 bits per heavy atom. The minimum absolute atomic E-state index is 0.0765. The summed E-state index contributed by atoms with van der Waals surface area (Å²) < 4.78 is 18.8. The van der Waals surface area contributed by atoms with E-state index in [-0.39, 0.29) is 18.2 Å². The third-order valence-corrected chi connectivity index (χ3v) is 5.23. The molecule has 0 heterocycles. The smallest absolute Gasteiger partial charge is 0.328 e.